The van der Waals surface area contributed by atoms with Crippen LogP contribution >= 0.6 is 12.2 Å². The van der Waals surface area contributed by atoms with Crippen LogP contribution in [0.3, 0.4) is 0 Å². The molecule has 2 N–H and O–H groups in total. The molecule has 1 rings (SSSR count). The van der Waals surface area contributed by atoms with Gasteiger partial charge in [0.15, 0.2) is 5.11 Å². The van der Waals surface area contributed by atoms with Crippen molar-refractivity contribution in [2.24, 2.45) is 0 Å². The Morgan fingerprint density at radius 3 is 2.82 bits per heavy atom. The van der Waals surface area contributed by atoms with Gasteiger partial charge in [0.25, 0.3) is 0 Å². The number of rotatable bonds is 6. The van der Waals surface area contributed by atoms with Crippen LogP contribution in [0.5, 0.6) is 0 Å². The van der Waals surface area contributed by atoms with Gasteiger partial charge in [0, 0.05) is 39.3 Å². The van der Waals surface area contributed by atoms with Gasteiger partial charge in [0.2, 0.25) is 0 Å². The predicted molar refractivity (Wildman–Crippen MR) is 72.3 cm³/mol. The fraction of sp³-hybridized carbons (Fsp3) is 0.909. The van der Waals surface area contributed by atoms with Crippen molar-refractivity contribution in [3.8, 4) is 0 Å². The van der Waals surface area contributed by atoms with E-state index in [1.165, 1.54) is 0 Å². The lowest BCUT2D eigenvalue weighted by atomic mass is 10.3. The first kappa shape index (κ1) is 14.6. The summed E-state index contributed by atoms with van der Waals surface area (Å²) in [4.78, 5) is 2.39. The summed E-state index contributed by atoms with van der Waals surface area (Å²) in [5.41, 5.74) is 0. The molecule has 17 heavy (non-hydrogen) atoms. The number of hydrogen-bond donors (Lipinski definition) is 2. The molecule has 0 saturated carbocycles. The molecule has 1 fully saturated rings. The van der Waals surface area contributed by atoms with E-state index in [1.54, 1.807) is 7.11 Å². The third-order valence-electron chi connectivity index (χ3n) is 2.61. The smallest absolute Gasteiger partial charge is 0.166 e. The molecule has 0 bridgehead atoms. The third-order valence-corrected chi connectivity index (χ3v) is 2.87. The lowest BCUT2D eigenvalue weighted by molar-refractivity contribution is 0.0352. The van der Waals surface area contributed by atoms with Crippen molar-refractivity contribution in [2.45, 2.75) is 13.0 Å². The first-order chi connectivity index (χ1) is 8.22. The van der Waals surface area contributed by atoms with E-state index in [-0.39, 0.29) is 0 Å². The van der Waals surface area contributed by atoms with E-state index in [0.29, 0.717) is 17.8 Å². The fourth-order valence-corrected chi connectivity index (χ4v) is 2.06. The fourth-order valence-electron chi connectivity index (χ4n) is 1.76. The second-order valence-corrected chi connectivity index (χ2v) is 4.62. The van der Waals surface area contributed by atoms with E-state index in [9.17, 15) is 0 Å². The molecule has 0 aromatic heterocycles. The highest BCUT2D eigenvalue weighted by Gasteiger charge is 2.13. The summed E-state index contributed by atoms with van der Waals surface area (Å²) in [5, 5.41) is 7.07. The number of ether oxygens (including phenoxy) is 2. The number of morpholine rings is 1. The molecule has 5 nitrogen and oxygen atoms in total. The number of nitrogens with zero attached hydrogens (tertiary/aromatic N) is 1. The summed E-state index contributed by atoms with van der Waals surface area (Å²) >= 11 is 5.19. The first-order valence-corrected chi connectivity index (χ1v) is 6.46. The molecule has 0 amide bonds. The molecule has 0 aromatic carbocycles. The molecule has 6 heteroatoms. The largest absolute Gasteiger partial charge is 0.383 e. The van der Waals surface area contributed by atoms with E-state index in [0.717, 1.165) is 39.4 Å². The summed E-state index contributed by atoms with van der Waals surface area (Å²) in [5.74, 6) is 0. The lowest BCUT2D eigenvalue weighted by Gasteiger charge is -2.29. The zero-order valence-corrected chi connectivity index (χ0v) is 11.5. The highest BCUT2D eigenvalue weighted by molar-refractivity contribution is 7.80. The molecular weight excluding hydrogens is 238 g/mol. The minimum absolute atomic E-state index is 0.343. The Balaban J connectivity index is 2.10. The van der Waals surface area contributed by atoms with Crippen LogP contribution in [0.1, 0.15) is 6.92 Å². The molecular formula is C11H23N3O2S. The van der Waals surface area contributed by atoms with Crippen molar-refractivity contribution < 1.29 is 9.47 Å². The maximum absolute atomic E-state index is 5.31. The van der Waals surface area contributed by atoms with E-state index in [4.69, 9.17) is 21.7 Å². The molecule has 1 saturated heterocycles. The molecule has 1 aliphatic heterocycles. The van der Waals surface area contributed by atoms with E-state index in [1.807, 2.05) is 0 Å². The topological polar surface area (TPSA) is 45.8 Å². The zero-order chi connectivity index (χ0) is 12.5. The van der Waals surface area contributed by atoms with Gasteiger partial charge in [-0.2, -0.15) is 0 Å². The van der Waals surface area contributed by atoms with Gasteiger partial charge >= 0.3 is 0 Å². The quantitative estimate of drug-likeness (QED) is 0.511. The average Bonchev–Trinajstić information content (AvgIpc) is 2.30. The molecule has 0 aliphatic carbocycles. The highest BCUT2D eigenvalue weighted by atomic mass is 32.1. The molecule has 100 valence electrons. The van der Waals surface area contributed by atoms with Gasteiger partial charge < -0.3 is 20.1 Å². The van der Waals surface area contributed by atoms with Crippen molar-refractivity contribution in [1.82, 2.24) is 15.5 Å². The summed E-state index contributed by atoms with van der Waals surface area (Å²) in [6, 6.07) is 0.343. The maximum Gasteiger partial charge on any atom is 0.166 e. The Morgan fingerprint density at radius 2 is 2.18 bits per heavy atom. The Bertz CT molecular complexity index is 223. The summed E-state index contributed by atoms with van der Waals surface area (Å²) in [7, 11) is 1.68. The van der Waals surface area contributed by atoms with Gasteiger partial charge in [-0.1, -0.05) is 0 Å². The number of methoxy groups -OCH3 is 1. The number of hydrogen-bond acceptors (Lipinski definition) is 4. The van der Waals surface area contributed by atoms with Crippen LogP contribution in [0, 0.1) is 0 Å². The van der Waals surface area contributed by atoms with Crippen LogP contribution in [0.25, 0.3) is 0 Å². The van der Waals surface area contributed by atoms with Gasteiger partial charge in [0.05, 0.1) is 19.8 Å². The number of nitrogens with one attached hydrogen (secondary N) is 2. The second-order valence-electron chi connectivity index (χ2n) is 4.21. The predicted octanol–water partition coefficient (Wildman–Crippen LogP) is -0.182. The summed E-state index contributed by atoms with van der Waals surface area (Å²) in [6.07, 6.45) is 0. The Kier molecular flexibility index (Phi) is 7.43. The molecule has 0 radical (unpaired) electrons. The monoisotopic (exact) mass is 261 g/mol. The molecule has 1 atom stereocenters. The van der Waals surface area contributed by atoms with Gasteiger partial charge in [-0.25, -0.2) is 0 Å². The third kappa shape index (κ3) is 6.78. The van der Waals surface area contributed by atoms with Crippen molar-refractivity contribution in [3.05, 3.63) is 0 Å². The Labute approximate surface area is 109 Å². The van der Waals surface area contributed by atoms with Crippen LogP contribution in [0.4, 0.5) is 0 Å². The minimum Gasteiger partial charge on any atom is -0.383 e. The molecule has 1 aliphatic rings. The summed E-state index contributed by atoms with van der Waals surface area (Å²) < 4.78 is 10.3. The van der Waals surface area contributed by atoms with E-state index >= 15 is 0 Å². The van der Waals surface area contributed by atoms with E-state index in [2.05, 4.69) is 22.5 Å². The first-order valence-electron chi connectivity index (χ1n) is 6.05. The van der Waals surface area contributed by atoms with Crippen molar-refractivity contribution in [1.29, 1.82) is 0 Å². The van der Waals surface area contributed by atoms with Crippen LogP contribution < -0.4 is 10.6 Å². The second kappa shape index (κ2) is 8.63. The highest BCUT2D eigenvalue weighted by Crippen LogP contribution is 1.98. The van der Waals surface area contributed by atoms with Crippen LogP contribution in [-0.2, 0) is 9.47 Å². The zero-order valence-electron chi connectivity index (χ0n) is 10.7. The SMILES string of the molecule is COCCNC(=S)NC(C)CN1CCOCC1. The lowest BCUT2D eigenvalue weighted by Crippen LogP contribution is -2.48. The molecule has 0 spiro atoms. The maximum atomic E-state index is 5.31. The van der Waals surface area contributed by atoms with Gasteiger partial charge in [0.1, 0.15) is 0 Å². The van der Waals surface area contributed by atoms with Gasteiger partial charge in [-0.05, 0) is 19.1 Å². The standard InChI is InChI=1S/C11H23N3O2S/c1-10(9-14-4-7-16-8-5-14)13-11(17)12-3-6-15-2/h10H,3-9H2,1-2H3,(H2,12,13,17). The Morgan fingerprint density at radius 1 is 1.47 bits per heavy atom. The minimum atomic E-state index is 0.343. The van der Waals surface area contributed by atoms with Crippen molar-refractivity contribution in [3.63, 3.8) is 0 Å². The van der Waals surface area contributed by atoms with Crippen LogP contribution in [-0.4, -0.2) is 69.2 Å². The van der Waals surface area contributed by atoms with Gasteiger partial charge in [-0.3, -0.25) is 4.90 Å². The van der Waals surface area contributed by atoms with Crippen molar-refractivity contribution in [2.75, 3.05) is 53.1 Å². The van der Waals surface area contributed by atoms with Gasteiger partial charge in [-0.15, -0.1) is 0 Å². The van der Waals surface area contributed by atoms with E-state index < -0.39 is 0 Å². The average molecular weight is 261 g/mol. The normalized spacial score (nSPS) is 18.7. The van der Waals surface area contributed by atoms with Crippen LogP contribution in [0.15, 0.2) is 0 Å². The molecule has 1 heterocycles. The molecule has 0 aromatic rings. The molecule has 1 unspecified atom stereocenters. The Hall–Kier alpha value is -0.430. The van der Waals surface area contributed by atoms with Crippen molar-refractivity contribution >= 4 is 17.3 Å². The summed E-state index contributed by atoms with van der Waals surface area (Å²) in [6.45, 7) is 8.24. The van der Waals surface area contributed by atoms with Crippen LogP contribution in [0.2, 0.25) is 0 Å². The number of thiocarbonyl (C=S) groups is 1.